The summed E-state index contributed by atoms with van der Waals surface area (Å²) >= 11 is 0. The summed E-state index contributed by atoms with van der Waals surface area (Å²) in [5, 5.41) is 6.38. The highest BCUT2D eigenvalue weighted by atomic mass is 16.5. The fourth-order valence-electron chi connectivity index (χ4n) is 5.03. The summed E-state index contributed by atoms with van der Waals surface area (Å²) in [6, 6.07) is 0.693. The number of urea groups is 1. The molecule has 130 valence electrons. The van der Waals surface area contributed by atoms with E-state index < -0.39 is 0 Å². The monoisotopic (exact) mass is 321 g/mol. The van der Waals surface area contributed by atoms with Gasteiger partial charge in [0.15, 0.2) is 0 Å². The second-order valence-electron chi connectivity index (χ2n) is 8.07. The number of rotatable bonds is 4. The van der Waals surface area contributed by atoms with Crippen LogP contribution in [0.15, 0.2) is 0 Å². The molecule has 2 saturated heterocycles. The Bertz CT molecular complexity index is 424. The van der Waals surface area contributed by atoms with E-state index in [1.54, 1.807) is 0 Å². The van der Waals surface area contributed by atoms with Gasteiger partial charge in [-0.1, -0.05) is 12.8 Å². The van der Waals surface area contributed by atoms with E-state index in [0.717, 1.165) is 44.9 Å². The zero-order valence-corrected chi connectivity index (χ0v) is 14.1. The number of nitrogens with zero attached hydrogens (tertiary/aromatic N) is 1. The lowest BCUT2D eigenvalue weighted by atomic mass is 9.72. The first kappa shape index (κ1) is 15.7. The van der Waals surface area contributed by atoms with Crippen molar-refractivity contribution in [2.45, 2.75) is 69.6 Å². The predicted octanol–water partition coefficient (Wildman–Crippen LogP) is 2.12. The molecule has 2 aliphatic heterocycles. The van der Waals surface area contributed by atoms with Crippen molar-refractivity contribution in [1.82, 2.24) is 15.5 Å². The van der Waals surface area contributed by atoms with Gasteiger partial charge in [0.05, 0.1) is 6.10 Å². The van der Waals surface area contributed by atoms with E-state index in [0.29, 0.717) is 24.1 Å². The van der Waals surface area contributed by atoms with Crippen LogP contribution >= 0.6 is 0 Å². The van der Waals surface area contributed by atoms with Gasteiger partial charge in [0, 0.05) is 44.2 Å². The van der Waals surface area contributed by atoms with Crippen LogP contribution < -0.4 is 10.6 Å². The third kappa shape index (κ3) is 3.66. The van der Waals surface area contributed by atoms with E-state index in [2.05, 4.69) is 15.5 Å². The Balaban J connectivity index is 1.16. The molecule has 0 unspecified atom stereocenters. The molecule has 0 aromatic heterocycles. The molecule has 4 fully saturated rings. The lowest BCUT2D eigenvalue weighted by Crippen LogP contribution is -2.60. The highest BCUT2D eigenvalue weighted by Gasteiger charge is 2.44. The minimum Gasteiger partial charge on any atom is -0.378 e. The molecular formula is C18H31N3O2. The first-order valence-corrected chi connectivity index (χ1v) is 9.69. The van der Waals surface area contributed by atoms with Crippen molar-refractivity contribution in [3.05, 3.63) is 0 Å². The van der Waals surface area contributed by atoms with Crippen LogP contribution in [0, 0.1) is 11.8 Å². The molecule has 0 spiro atoms. The van der Waals surface area contributed by atoms with Crippen LogP contribution in [0.25, 0.3) is 0 Å². The summed E-state index contributed by atoms with van der Waals surface area (Å²) in [7, 11) is 0. The van der Waals surface area contributed by atoms with E-state index in [1.165, 1.54) is 38.6 Å². The van der Waals surface area contributed by atoms with Gasteiger partial charge >= 0.3 is 6.03 Å². The van der Waals surface area contributed by atoms with Crippen molar-refractivity contribution in [3.63, 3.8) is 0 Å². The average molecular weight is 321 g/mol. The van der Waals surface area contributed by atoms with Gasteiger partial charge in [-0.25, -0.2) is 4.79 Å². The number of carbonyl (C=O) groups excluding carboxylic acids is 1. The fourth-order valence-corrected chi connectivity index (χ4v) is 5.03. The van der Waals surface area contributed by atoms with Gasteiger partial charge in [-0.05, 0) is 44.4 Å². The molecule has 5 heteroatoms. The van der Waals surface area contributed by atoms with E-state index in [4.69, 9.17) is 4.74 Å². The topological polar surface area (TPSA) is 53.6 Å². The number of fused-ring (bicyclic) bond motifs is 1. The van der Waals surface area contributed by atoms with Crippen LogP contribution in [0.3, 0.4) is 0 Å². The molecule has 0 radical (unpaired) electrons. The van der Waals surface area contributed by atoms with E-state index in [9.17, 15) is 4.79 Å². The van der Waals surface area contributed by atoms with E-state index in [-0.39, 0.29) is 6.03 Å². The second kappa shape index (κ2) is 6.98. The van der Waals surface area contributed by atoms with Crippen molar-refractivity contribution in [1.29, 1.82) is 0 Å². The number of hydrogen-bond acceptors (Lipinski definition) is 3. The van der Waals surface area contributed by atoms with Crippen LogP contribution in [0.5, 0.6) is 0 Å². The second-order valence-corrected chi connectivity index (χ2v) is 8.07. The zero-order valence-electron chi connectivity index (χ0n) is 14.1. The Hall–Kier alpha value is -0.810. The third-order valence-corrected chi connectivity index (χ3v) is 6.41. The Morgan fingerprint density at radius 3 is 2.78 bits per heavy atom. The quantitative estimate of drug-likeness (QED) is 0.834. The molecule has 0 aromatic carbocycles. The van der Waals surface area contributed by atoms with Crippen LogP contribution in [0.2, 0.25) is 0 Å². The number of nitrogens with one attached hydrogen (secondary N) is 2. The largest absolute Gasteiger partial charge is 0.378 e. The molecule has 2 N–H and O–H groups in total. The van der Waals surface area contributed by atoms with Crippen molar-refractivity contribution in [2.24, 2.45) is 11.8 Å². The lowest BCUT2D eigenvalue weighted by Gasteiger charge is -2.47. The standard InChI is InChI=1S/C18H31N3O2/c22-18(20-16-10-17-15(16)6-3-9-23-17)19-14-7-8-21(12-14)11-13-4-1-2-5-13/h13-17H,1-12H2,(H2,19,20,22)/t14-,15+,16-,17-/m1/s1. The molecule has 2 saturated carbocycles. The van der Waals surface area contributed by atoms with Crippen LogP contribution in [0.4, 0.5) is 4.79 Å². The maximum Gasteiger partial charge on any atom is 0.315 e. The Labute approximate surface area is 139 Å². The molecule has 4 atom stereocenters. The molecule has 0 aromatic rings. The number of amides is 2. The molecule has 4 rings (SSSR count). The highest BCUT2D eigenvalue weighted by molar-refractivity contribution is 5.74. The zero-order chi connectivity index (χ0) is 15.6. The maximum absolute atomic E-state index is 12.2. The molecule has 5 nitrogen and oxygen atoms in total. The van der Waals surface area contributed by atoms with Gasteiger partial charge in [0.2, 0.25) is 0 Å². The smallest absolute Gasteiger partial charge is 0.315 e. The van der Waals surface area contributed by atoms with Crippen molar-refractivity contribution < 1.29 is 9.53 Å². The Morgan fingerprint density at radius 1 is 1.09 bits per heavy atom. The van der Waals surface area contributed by atoms with Crippen molar-refractivity contribution in [3.8, 4) is 0 Å². The lowest BCUT2D eigenvalue weighted by molar-refractivity contribution is -0.1000. The first-order valence-electron chi connectivity index (χ1n) is 9.69. The van der Waals surface area contributed by atoms with Crippen molar-refractivity contribution in [2.75, 3.05) is 26.2 Å². The summed E-state index contributed by atoms with van der Waals surface area (Å²) in [5.74, 6) is 1.46. The molecule has 23 heavy (non-hydrogen) atoms. The maximum atomic E-state index is 12.2. The van der Waals surface area contributed by atoms with Gasteiger partial charge in [-0.3, -0.25) is 0 Å². The molecule has 0 bridgehead atoms. The molecular weight excluding hydrogens is 290 g/mol. The van der Waals surface area contributed by atoms with Gasteiger partial charge in [-0.15, -0.1) is 0 Å². The van der Waals surface area contributed by atoms with E-state index in [1.807, 2.05) is 0 Å². The van der Waals surface area contributed by atoms with Crippen LogP contribution in [-0.2, 0) is 4.74 Å². The summed E-state index contributed by atoms with van der Waals surface area (Å²) in [4.78, 5) is 14.8. The SMILES string of the molecule is O=C(N[C@@H]1CCN(CC2CCCC2)C1)N[C@@H]1C[C@H]2OCCC[C@@H]12. The average Bonchev–Trinajstić information content (AvgIpc) is 3.18. The number of likely N-dealkylation sites (tertiary alicyclic amines) is 1. The Morgan fingerprint density at radius 2 is 1.96 bits per heavy atom. The van der Waals surface area contributed by atoms with Gasteiger partial charge in [0.25, 0.3) is 0 Å². The van der Waals surface area contributed by atoms with Crippen molar-refractivity contribution >= 4 is 6.03 Å². The summed E-state index contributed by atoms with van der Waals surface area (Å²) in [6.45, 7) is 4.32. The molecule has 2 heterocycles. The summed E-state index contributed by atoms with van der Waals surface area (Å²) in [5.41, 5.74) is 0. The van der Waals surface area contributed by atoms with Gasteiger partial charge < -0.3 is 20.3 Å². The first-order chi connectivity index (χ1) is 11.3. The minimum absolute atomic E-state index is 0.0340. The number of ether oxygens (including phenoxy) is 1. The third-order valence-electron chi connectivity index (χ3n) is 6.41. The number of carbonyl (C=O) groups is 1. The summed E-state index contributed by atoms with van der Waals surface area (Å²) in [6.07, 6.45) is 10.5. The molecule has 2 amide bonds. The number of hydrogen-bond donors (Lipinski definition) is 2. The van der Waals surface area contributed by atoms with Crippen LogP contribution in [0.1, 0.15) is 51.4 Å². The predicted molar refractivity (Wildman–Crippen MR) is 89.3 cm³/mol. The van der Waals surface area contributed by atoms with Gasteiger partial charge in [-0.2, -0.15) is 0 Å². The fraction of sp³-hybridized carbons (Fsp3) is 0.944. The van der Waals surface area contributed by atoms with Crippen LogP contribution in [-0.4, -0.2) is 55.4 Å². The summed E-state index contributed by atoms with van der Waals surface area (Å²) < 4.78 is 5.72. The molecule has 4 aliphatic rings. The highest BCUT2D eigenvalue weighted by Crippen LogP contribution is 2.37. The molecule has 2 aliphatic carbocycles. The van der Waals surface area contributed by atoms with E-state index >= 15 is 0 Å². The normalized spacial score (nSPS) is 38.1. The van der Waals surface area contributed by atoms with Gasteiger partial charge in [0.1, 0.15) is 0 Å². The Kier molecular flexibility index (Phi) is 4.76. The minimum atomic E-state index is 0.0340.